The van der Waals surface area contributed by atoms with E-state index in [9.17, 15) is 9.59 Å². The van der Waals surface area contributed by atoms with Gasteiger partial charge >= 0.3 is 0 Å². The summed E-state index contributed by atoms with van der Waals surface area (Å²) >= 11 is 0. The zero-order valence-corrected chi connectivity index (χ0v) is 14.4. The van der Waals surface area contributed by atoms with Gasteiger partial charge in [-0.05, 0) is 57.4 Å². The third-order valence-corrected chi connectivity index (χ3v) is 4.46. The molecule has 1 amide bonds. The highest BCUT2D eigenvalue weighted by Crippen LogP contribution is 2.38. The van der Waals surface area contributed by atoms with Crippen molar-refractivity contribution in [2.75, 3.05) is 11.4 Å². The molecule has 0 N–H and O–H groups in total. The van der Waals surface area contributed by atoms with Gasteiger partial charge in [0.05, 0.1) is 5.69 Å². The highest BCUT2D eigenvalue weighted by molar-refractivity contribution is 5.95. The molecule has 1 saturated carbocycles. The molecule has 1 aliphatic carbocycles. The lowest BCUT2D eigenvalue weighted by atomic mass is 10.2. The van der Waals surface area contributed by atoms with Crippen LogP contribution in [0.2, 0.25) is 0 Å². The monoisotopic (exact) mass is 325 g/mol. The number of anilines is 1. The van der Waals surface area contributed by atoms with Crippen LogP contribution in [0.1, 0.15) is 49.9 Å². The first-order valence-corrected chi connectivity index (χ1v) is 8.49. The molecule has 1 atom stereocenters. The number of nitrogens with zero attached hydrogens (tertiary/aromatic N) is 3. The Morgan fingerprint density at radius 3 is 2.71 bits per heavy atom. The van der Waals surface area contributed by atoms with Crippen molar-refractivity contribution in [3.05, 3.63) is 58.0 Å². The minimum Gasteiger partial charge on any atom is -0.311 e. The van der Waals surface area contributed by atoms with E-state index in [2.05, 4.69) is 5.10 Å². The summed E-state index contributed by atoms with van der Waals surface area (Å²) in [6, 6.07) is 10.5. The molecular weight excluding hydrogens is 302 g/mol. The smallest absolute Gasteiger partial charge is 0.267 e. The van der Waals surface area contributed by atoms with Gasteiger partial charge in [-0.15, -0.1) is 0 Å². The normalized spacial score (nSPS) is 15.1. The van der Waals surface area contributed by atoms with Crippen LogP contribution in [0.5, 0.6) is 0 Å². The zero-order valence-electron chi connectivity index (χ0n) is 14.4. The zero-order chi connectivity index (χ0) is 17.3. The van der Waals surface area contributed by atoms with E-state index in [-0.39, 0.29) is 11.5 Å². The largest absolute Gasteiger partial charge is 0.311 e. The number of hydrogen-bond donors (Lipinski definition) is 0. The summed E-state index contributed by atoms with van der Waals surface area (Å²) in [5.74, 6) is 0.323. The number of carbonyl (C=O) groups excluding carboxylic acids is 1. The number of likely N-dealkylation sites (N-methyl/N-ethyl adjacent to an activating group) is 1. The fourth-order valence-corrected chi connectivity index (χ4v) is 2.91. The van der Waals surface area contributed by atoms with Gasteiger partial charge in [-0.25, -0.2) is 4.68 Å². The number of aryl methyl sites for hydroxylation is 1. The van der Waals surface area contributed by atoms with Crippen LogP contribution in [-0.4, -0.2) is 22.2 Å². The minimum atomic E-state index is -0.628. The molecule has 1 aromatic heterocycles. The van der Waals surface area contributed by atoms with Crippen molar-refractivity contribution in [2.24, 2.45) is 0 Å². The van der Waals surface area contributed by atoms with Crippen LogP contribution in [0.25, 0.3) is 0 Å². The Labute approximate surface area is 141 Å². The molecule has 0 saturated heterocycles. The summed E-state index contributed by atoms with van der Waals surface area (Å²) < 4.78 is 1.33. The predicted molar refractivity (Wildman–Crippen MR) is 94.4 cm³/mol. The molecule has 126 valence electrons. The van der Waals surface area contributed by atoms with Gasteiger partial charge in [-0.2, -0.15) is 5.10 Å². The van der Waals surface area contributed by atoms with Crippen molar-refractivity contribution in [2.45, 2.75) is 45.6 Å². The number of benzene rings is 1. The SMILES string of the molecule is CCN(C(=O)C(C)n1nc(C2CC2)ccc1=O)c1cccc(C)c1. The van der Waals surface area contributed by atoms with E-state index in [1.54, 1.807) is 17.9 Å². The third kappa shape index (κ3) is 3.25. The summed E-state index contributed by atoms with van der Waals surface area (Å²) in [5, 5.41) is 4.44. The molecule has 0 aliphatic heterocycles. The van der Waals surface area contributed by atoms with Gasteiger partial charge in [-0.1, -0.05) is 12.1 Å². The molecule has 1 aliphatic rings. The standard InChI is InChI=1S/C19H23N3O2/c1-4-21(16-7-5-6-13(2)12-16)19(24)14(3)22-18(23)11-10-17(20-22)15-8-9-15/h5-7,10-12,14-15H,4,8-9H2,1-3H3. The van der Waals surface area contributed by atoms with Gasteiger partial charge < -0.3 is 4.90 Å². The second-order valence-corrected chi connectivity index (χ2v) is 6.41. The van der Waals surface area contributed by atoms with Crippen molar-refractivity contribution in [1.82, 2.24) is 9.78 Å². The average Bonchev–Trinajstić information content (AvgIpc) is 3.40. The van der Waals surface area contributed by atoms with Crippen molar-refractivity contribution >= 4 is 11.6 Å². The predicted octanol–water partition coefficient (Wildman–Crippen LogP) is 3.04. The molecule has 1 aromatic carbocycles. The second-order valence-electron chi connectivity index (χ2n) is 6.41. The number of hydrogen-bond acceptors (Lipinski definition) is 3. The van der Waals surface area contributed by atoms with Crippen LogP contribution >= 0.6 is 0 Å². The fraction of sp³-hybridized carbons (Fsp3) is 0.421. The Hall–Kier alpha value is -2.43. The van der Waals surface area contributed by atoms with Crippen LogP contribution in [-0.2, 0) is 4.79 Å². The van der Waals surface area contributed by atoms with Gasteiger partial charge in [0.2, 0.25) is 0 Å². The molecule has 5 heteroatoms. The van der Waals surface area contributed by atoms with E-state index in [1.165, 1.54) is 10.7 Å². The molecule has 5 nitrogen and oxygen atoms in total. The lowest BCUT2D eigenvalue weighted by Crippen LogP contribution is -2.40. The molecule has 3 rings (SSSR count). The lowest BCUT2D eigenvalue weighted by molar-refractivity contribution is -0.121. The molecule has 1 heterocycles. The summed E-state index contributed by atoms with van der Waals surface area (Å²) in [6.45, 7) is 6.22. The van der Waals surface area contributed by atoms with Crippen molar-refractivity contribution in [1.29, 1.82) is 0 Å². The first-order valence-electron chi connectivity index (χ1n) is 8.49. The van der Waals surface area contributed by atoms with Crippen LogP contribution in [0.3, 0.4) is 0 Å². The van der Waals surface area contributed by atoms with E-state index in [0.29, 0.717) is 12.5 Å². The Bertz CT molecular complexity index is 808. The molecule has 0 bridgehead atoms. The Morgan fingerprint density at radius 2 is 2.08 bits per heavy atom. The van der Waals surface area contributed by atoms with Gasteiger partial charge in [0.1, 0.15) is 6.04 Å². The summed E-state index contributed by atoms with van der Waals surface area (Å²) in [7, 11) is 0. The number of aromatic nitrogens is 2. The summed E-state index contributed by atoms with van der Waals surface area (Å²) in [4.78, 5) is 26.9. The van der Waals surface area contributed by atoms with Crippen molar-refractivity contribution in [3.63, 3.8) is 0 Å². The van der Waals surface area contributed by atoms with E-state index < -0.39 is 6.04 Å². The van der Waals surface area contributed by atoms with E-state index in [4.69, 9.17) is 0 Å². The quantitative estimate of drug-likeness (QED) is 0.849. The van der Waals surface area contributed by atoms with Crippen LogP contribution in [0.15, 0.2) is 41.2 Å². The minimum absolute atomic E-state index is 0.120. The highest BCUT2D eigenvalue weighted by atomic mass is 16.2. The molecule has 1 fully saturated rings. The Morgan fingerprint density at radius 1 is 1.33 bits per heavy atom. The molecule has 0 spiro atoms. The maximum absolute atomic E-state index is 13.0. The Balaban J connectivity index is 1.90. The van der Waals surface area contributed by atoms with Gasteiger partial charge in [0, 0.05) is 24.2 Å². The van der Waals surface area contributed by atoms with Gasteiger partial charge in [-0.3, -0.25) is 9.59 Å². The molecule has 0 radical (unpaired) electrons. The number of rotatable bonds is 5. The number of amides is 1. The maximum atomic E-state index is 13.0. The number of carbonyl (C=O) groups is 1. The molecule has 24 heavy (non-hydrogen) atoms. The van der Waals surface area contributed by atoms with Crippen LogP contribution < -0.4 is 10.5 Å². The van der Waals surface area contributed by atoms with Gasteiger partial charge in [0.25, 0.3) is 11.5 Å². The van der Waals surface area contributed by atoms with Crippen LogP contribution in [0, 0.1) is 6.92 Å². The topological polar surface area (TPSA) is 55.2 Å². The first-order chi connectivity index (χ1) is 11.5. The second kappa shape index (κ2) is 6.59. The van der Waals surface area contributed by atoms with Gasteiger partial charge in [0.15, 0.2) is 0 Å². The average molecular weight is 325 g/mol. The van der Waals surface area contributed by atoms with Crippen molar-refractivity contribution < 1.29 is 4.79 Å². The van der Waals surface area contributed by atoms with E-state index >= 15 is 0 Å². The van der Waals surface area contributed by atoms with E-state index in [0.717, 1.165) is 29.8 Å². The van der Waals surface area contributed by atoms with Crippen molar-refractivity contribution in [3.8, 4) is 0 Å². The highest BCUT2D eigenvalue weighted by Gasteiger charge is 2.28. The first kappa shape index (κ1) is 16.4. The third-order valence-electron chi connectivity index (χ3n) is 4.46. The van der Waals surface area contributed by atoms with Crippen LogP contribution in [0.4, 0.5) is 5.69 Å². The summed E-state index contributed by atoms with van der Waals surface area (Å²) in [6.07, 6.45) is 2.22. The maximum Gasteiger partial charge on any atom is 0.267 e. The van der Waals surface area contributed by atoms with E-state index in [1.807, 2.05) is 38.1 Å². The molecule has 1 unspecified atom stereocenters. The fourth-order valence-electron chi connectivity index (χ4n) is 2.91. The Kier molecular flexibility index (Phi) is 4.51. The lowest BCUT2D eigenvalue weighted by Gasteiger charge is -2.25. The molecule has 2 aromatic rings. The summed E-state index contributed by atoms with van der Waals surface area (Å²) in [5.41, 5.74) is 2.62. The molecular formula is C19H23N3O2.